The molecule has 0 saturated carbocycles. The van der Waals surface area contributed by atoms with E-state index in [0.717, 1.165) is 0 Å². The van der Waals surface area contributed by atoms with E-state index in [0.29, 0.717) is 18.7 Å². The van der Waals surface area contributed by atoms with Crippen molar-refractivity contribution in [3.8, 4) is 0 Å². The zero-order valence-corrected chi connectivity index (χ0v) is 10.1. The van der Waals surface area contributed by atoms with Crippen molar-refractivity contribution in [2.75, 3.05) is 20.2 Å². The summed E-state index contributed by atoms with van der Waals surface area (Å²) in [4.78, 5) is 13.6. The molecule has 1 atom stereocenters. The number of carbonyl (C=O) groups excluding carboxylic acids is 1. The number of hydrogen-bond donors (Lipinski definition) is 0. The summed E-state index contributed by atoms with van der Waals surface area (Å²) in [5.41, 5.74) is 0.716. The molecule has 0 saturated heterocycles. The first-order chi connectivity index (χ1) is 7.65. The molecule has 0 aromatic heterocycles. The summed E-state index contributed by atoms with van der Waals surface area (Å²) in [7, 11) is 1.80. The minimum atomic E-state index is 0.0344. The van der Waals surface area contributed by atoms with E-state index in [-0.39, 0.29) is 12.0 Å². The highest BCUT2D eigenvalue weighted by Crippen LogP contribution is 2.04. The largest absolute Gasteiger partial charge is 0.377 e. The maximum Gasteiger partial charge on any atom is 0.253 e. The Morgan fingerprint density at radius 2 is 2.00 bits per heavy atom. The maximum absolute atomic E-state index is 12.0. The average molecular weight is 221 g/mol. The molecule has 0 heterocycles. The standard InChI is InChI=1S/C13H19NO2/c1-4-16-11(2)10-14(3)13(15)12-8-6-5-7-9-12/h5-9,11H,4,10H2,1-3H3. The summed E-state index contributed by atoms with van der Waals surface area (Å²) in [5, 5.41) is 0. The Balaban J connectivity index is 2.55. The van der Waals surface area contributed by atoms with Gasteiger partial charge in [-0.05, 0) is 26.0 Å². The van der Waals surface area contributed by atoms with Crippen molar-refractivity contribution in [1.29, 1.82) is 0 Å². The van der Waals surface area contributed by atoms with Gasteiger partial charge in [0.05, 0.1) is 6.10 Å². The van der Waals surface area contributed by atoms with Crippen LogP contribution in [0.1, 0.15) is 24.2 Å². The molecule has 3 nitrogen and oxygen atoms in total. The number of amides is 1. The number of likely N-dealkylation sites (N-methyl/N-ethyl adjacent to an activating group) is 1. The highest BCUT2D eigenvalue weighted by Gasteiger charge is 2.13. The SMILES string of the molecule is CCOC(C)CN(C)C(=O)c1ccccc1. The van der Waals surface area contributed by atoms with E-state index in [1.165, 1.54) is 0 Å². The number of benzene rings is 1. The number of rotatable bonds is 5. The molecule has 0 spiro atoms. The molecule has 1 aromatic rings. The van der Waals surface area contributed by atoms with Crippen LogP contribution >= 0.6 is 0 Å². The van der Waals surface area contributed by atoms with Crippen LogP contribution in [0.25, 0.3) is 0 Å². The van der Waals surface area contributed by atoms with Gasteiger partial charge in [0.1, 0.15) is 0 Å². The number of hydrogen-bond acceptors (Lipinski definition) is 2. The van der Waals surface area contributed by atoms with E-state index in [4.69, 9.17) is 4.74 Å². The van der Waals surface area contributed by atoms with Gasteiger partial charge in [-0.3, -0.25) is 4.79 Å². The summed E-state index contributed by atoms with van der Waals surface area (Å²) in [5.74, 6) is 0.0344. The van der Waals surface area contributed by atoms with Crippen LogP contribution in [-0.4, -0.2) is 37.1 Å². The van der Waals surface area contributed by atoms with Crippen LogP contribution in [0.15, 0.2) is 30.3 Å². The predicted octanol–water partition coefficient (Wildman–Crippen LogP) is 2.18. The van der Waals surface area contributed by atoms with Crippen molar-refractivity contribution in [3.05, 3.63) is 35.9 Å². The van der Waals surface area contributed by atoms with Gasteiger partial charge < -0.3 is 9.64 Å². The quantitative estimate of drug-likeness (QED) is 0.762. The molecule has 0 aliphatic rings. The van der Waals surface area contributed by atoms with Gasteiger partial charge in [0.25, 0.3) is 5.91 Å². The fraction of sp³-hybridized carbons (Fsp3) is 0.462. The Kier molecular flexibility index (Phi) is 4.99. The van der Waals surface area contributed by atoms with Gasteiger partial charge >= 0.3 is 0 Å². The first-order valence-corrected chi connectivity index (χ1v) is 5.57. The van der Waals surface area contributed by atoms with Crippen LogP contribution in [0.3, 0.4) is 0 Å². The Morgan fingerprint density at radius 1 is 1.38 bits per heavy atom. The topological polar surface area (TPSA) is 29.5 Å². The van der Waals surface area contributed by atoms with Crippen molar-refractivity contribution in [2.24, 2.45) is 0 Å². The monoisotopic (exact) mass is 221 g/mol. The van der Waals surface area contributed by atoms with Crippen molar-refractivity contribution in [1.82, 2.24) is 4.90 Å². The lowest BCUT2D eigenvalue weighted by atomic mass is 10.2. The van der Waals surface area contributed by atoms with Crippen LogP contribution in [0.4, 0.5) is 0 Å². The van der Waals surface area contributed by atoms with Crippen molar-refractivity contribution >= 4 is 5.91 Å². The molecule has 0 N–H and O–H groups in total. The van der Waals surface area contributed by atoms with E-state index >= 15 is 0 Å². The van der Waals surface area contributed by atoms with Gasteiger partial charge in [-0.2, -0.15) is 0 Å². The summed E-state index contributed by atoms with van der Waals surface area (Å²) >= 11 is 0. The van der Waals surface area contributed by atoms with Gasteiger partial charge in [-0.25, -0.2) is 0 Å². The van der Waals surface area contributed by atoms with Crippen molar-refractivity contribution in [3.63, 3.8) is 0 Å². The molecule has 0 aliphatic carbocycles. The smallest absolute Gasteiger partial charge is 0.253 e. The van der Waals surface area contributed by atoms with Gasteiger partial charge in [-0.15, -0.1) is 0 Å². The fourth-order valence-corrected chi connectivity index (χ4v) is 1.61. The molecule has 0 aliphatic heterocycles. The summed E-state index contributed by atoms with van der Waals surface area (Å²) < 4.78 is 5.40. The Hall–Kier alpha value is -1.35. The van der Waals surface area contributed by atoms with Gasteiger partial charge in [-0.1, -0.05) is 18.2 Å². The minimum absolute atomic E-state index is 0.0344. The lowest BCUT2D eigenvalue weighted by Gasteiger charge is -2.21. The van der Waals surface area contributed by atoms with Gasteiger partial charge in [0.2, 0.25) is 0 Å². The van der Waals surface area contributed by atoms with Crippen LogP contribution in [0, 0.1) is 0 Å². The Morgan fingerprint density at radius 3 is 2.56 bits per heavy atom. The van der Waals surface area contributed by atoms with E-state index < -0.39 is 0 Å². The lowest BCUT2D eigenvalue weighted by Crippen LogP contribution is -2.34. The minimum Gasteiger partial charge on any atom is -0.377 e. The normalized spacial score (nSPS) is 12.2. The lowest BCUT2D eigenvalue weighted by molar-refractivity contribution is 0.0436. The second-order valence-corrected chi connectivity index (χ2v) is 3.82. The number of nitrogens with zero attached hydrogens (tertiary/aromatic N) is 1. The van der Waals surface area contributed by atoms with E-state index in [9.17, 15) is 4.79 Å². The summed E-state index contributed by atoms with van der Waals surface area (Å²) in [6, 6.07) is 9.29. The van der Waals surface area contributed by atoms with Crippen LogP contribution in [-0.2, 0) is 4.74 Å². The molecule has 0 fully saturated rings. The first kappa shape index (κ1) is 12.7. The van der Waals surface area contributed by atoms with Crippen molar-refractivity contribution in [2.45, 2.75) is 20.0 Å². The van der Waals surface area contributed by atoms with E-state index in [2.05, 4.69) is 0 Å². The fourth-order valence-electron chi connectivity index (χ4n) is 1.61. The average Bonchev–Trinajstić information content (AvgIpc) is 2.29. The summed E-state index contributed by atoms with van der Waals surface area (Å²) in [6.45, 7) is 5.21. The van der Waals surface area contributed by atoms with Crippen molar-refractivity contribution < 1.29 is 9.53 Å². The molecule has 3 heteroatoms. The molecule has 0 radical (unpaired) electrons. The van der Waals surface area contributed by atoms with Gasteiger partial charge in [0.15, 0.2) is 0 Å². The van der Waals surface area contributed by atoms with Crippen LogP contribution in [0.5, 0.6) is 0 Å². The Bertz CT molecular complexity index is 324. The zero-order valence-electron chi connectivity index (χ0n) is 10.1. The second kappa shape index (κ2) is 6.28. The van der Waals surface area contributed by atoms with E-state index in [1.54, 1.807) is 11.9 Å². The molecule has 16 heavy (non-hydrogen) atoms. The third-order valence-electron chi connectivity index (χ3n) is 2.35. The van der Waals surface area contributed by atoms with E-state index in [1.807, 2.05) is 44.2 Å². The third kappa shape index (κ3) is 3.66. The molecule has 88 valence electrons. The van der Waals surface area contributed by atoms with Crippen LogP contribution in [0.2, 0.25) is 0 Å². The number of carbonyl (C=O) groups is 1. The predicted molar refractivity (Wildman–Crippen MR) is 64.5 cm³/mol. The molecular weight excluding hydrogens is 202 g/mol. The second-order valence-electron chi connectivity index (χ2n) is 3.82. The maximum atomic E-state index is 12.0. The molecule has 1 aromatic carbocycles. The molecule has 1 unspecified atom stereocenters. The Labute approximate surface area is 97.0 Å². The molecule has 0 bridgehead atoms. The van der Waals surface area contributed by atoms with Crippen LogP contribution < -0.4 is 0 Å². The zero-order chi connectivity index (χ0) is 12.0. The molecule has 1 rings (SSSR count). The summed E-state index contributed by atoms with van der Waals surface area (Å²) in [6.07, 6.45) is 0.0719. The molecule has 1 amide bonds. The highest BCUT2D eigenvalue weighted by atomic mass is 16.5. The first-order valence-electron chi connectivity index (χ1n) is 5.57. The molecular formula is C13H19NO2. The third-order valence-corrected chi connectivity index (χ3v) is 2.35. The van der Waals surface area contributed by atoms with Gasteiger partial charge in [0, 0.05) is 25.8 Å². The highest BCUT2D eigenvalue weighted by molar-refractivity contribution is 5.93. The number of ether oxygens (including phenoxy) is 1.